The normalized spacial score (nSPS) is 17.3. The molecule has 1 N–H and O–H groups in total. The summed E-state index contributed by atoms with van der Waals surface area (Å²) in [6.07, 6.45) is 5.37. The molecule has 0 atom stereocenters. The van der Waals surface area contributed by atoms with E-state index in [1.807, 2.05) is 30.5 Å². The summed E-state index contributed by atoms with van der Waals surface area (Å²) < 4.78 is 0. The molecule has 1 fully saturated rings. The number of hydrogen-bond donors (Lipinski definition) is 1. The fourth-order valence-corrected chi connectivity index (χ4v) is 2.70. The summed E-state index contributed by atoms with van der Waals surface area (Å²) >= 11 is 0. The van der Waals surface area contributed by atoms with Gasteiger partial charge in [0.15, 0.2) is 0 Å². The van der Waals surface area contributed by atoms with Gasteiger partial charge in [-0.15, -0.1) is 0 Å². The fraction of sp³-hybridized carbons (Fsp3) is 0.294. The first kappa shape index (κ1) is 14.4. The standard InChI is InChI=1S/C17H19N3O2/c1-3-4-9-20-17(22)14(16(21)19(20)2)10-12-11-18-15-8-6-5-7-13(12)15/h5-8,10-11,18H,3-4,9H2,1-2H3/b14-10-. The maximum atomic E-state index is 12.5. The van der Waals surface area contributed by atoms with Crippen molar-refractivity contribution in [1.82, 2.24) is 15.0 Å². The lowest BCUT2D eigenvalue weighted by molar-refractivity contribution is -0.143. The zero-order chi connectivity index (χ0) is 15.7. The van der Waals surface area contributed by atoms with Gasteiger partial charge in [0, 0.05) is 36.3 Å². The molecule has 1 aromatic carbocycles. The van der Waals surface area contributed by atoms with Crippen LogP contribution in [0.2, 0.25) is 0 Å². The summed E-state index contributed by atoms with van der Waals surface area (Å²) in [6, 6.07) is 7.83. The summed E-state index contributed by atoms with van der Waals surface area (Å²) in [4.78, 5) is 28.0. The van der Waals surface area contributed by atoms with Crippen LogP contribution in [0.1, 0.15) is 25.3 Å². The number of amides is 2. The van der Waals surface area contributed by atoms with Crippen molar-refractivity contribution < 1.29 is 9.59 Å². The van der Waals surface area contributed by atoms with Gasteiger partial charge in [-0.2, -0.15) is 0 Å². The maximum Gasteiger partial charge on any atom is 0.278 e. The van der Waals surface area contributed by atoms with E-state index in [9.17, 15) is 9.59 Å². The Labute approximate surface area is 129 Å². The van der Waals surface area contributed by atoms with Crippen LogP contribution in [0, 0.1) is 0 Å². The van der Waals surface area contributed by atoms with E-state index in [2.05, 4.69) is 11.9 Å². The monoisotopic (exact) mass is 297 g/mol. The number of hydrogen-bond acceptors (Lipinski definition) is 2. The molecule has 0 saturated carbocycles. The van der Waals surface area contributed by atoms with Gasteiger partial charge < -0.3 is 4.98 Å². The number of para-hydroxylation sites is 1. The van der Waals surface area contributed by atoms with Crippen LogP contribution in [0.5, 0.6) is 0 Å². The molecule has 0 aliphatic carbocycles. The van der Waals surface area contributed by atoms with E-state index in [-0.39, 0.29) is 17.4 Å². The van der Waals surface area contributed by atoms with Gasteiger partial charge in [0.05, 0.1) is 0 Å². The molecule has 0 spiro atoms. The zero-order valence-electron chi connectivity index (χ0n) is 12.8. The Morgan fingerprint density at radius 2 is 1.95 bits per heavy atom. The van der Waals surface area contributed by atoms with Crippen molar-refractivity contribution in [2.24, 2.45) is 0 Å². The van der Waals surface area contributed by atoms with Crippen molar-refractivity contribution in [2.45, 2.75) is 19.8 Å². The largest absolute Gasteiger partial charge is 0.361 e. The highest BCUT2D eigenvalue weighted by Gasteiger charge is 2.38. The van der Waals surface area contributed by atoms with Gasteiger partial charge in [-0.05, 0) is 18.6 Å². The summed E-state index contributed by atoms with van der Waals surface area (Å²) in [6.45, 7) is 2.63. The Bertz CT molecular complexity index is 760. The number of unbranched alkanes of at least 4 members (excludes halogenated alkanes) is 1. The van der Waals surface area contributed by atoms with E-state index in [4.69, 9.17) is 0 Å². The molecule has 1 aliphatic rings. The third kappa shape index (κ3) is 2.28. The highest BCUT2D eigenvalue weighted by Crippen LogP contribution is 2.25. The molecule has 114 valence electrons. The maximum absolute atomic E-state index is 12.5. The molecule has 0 radical (unpaired) electrons. The Hall–Kier alpha value is -2.56. The second kappa shape index (κ2) is 5.67. The number of nitrogens with zero attached hydrogens (tertiary/aromatic N) is 2. The Morgan fingerprint density at radius 1 is 1.18 bits per heavy atom. The quantitative estimate of drug-likeness (QED) is 0.696. The number of carbonyl (C=O) groups is 2. The lowest BCUT2D eigenvalue weighted by Crippen LogP contribution is -2.38. The van der Waals surface area contributed by atoms with Crippen molar-refractivity contribution in [2.75, 3.05) is 13.6 Å². The van der Waals surface area contributed by atoms with E-state index in [0.717, 1.165) is 29.3 Å². The van der Waals surface area contributed by atoms with Crippen LogP contribution in [0.25, 0.3) is 17.0 Å². The minimum atomic E-state index is -0.244. The molecular weight excluding hydrogens is 278 g/mol. The van der Waals surface area contributed by atoms with E-state index in [1.54, 1.807) is 13.1 Å². The highest BCUT2D eigenvalue weighted by atomic mass is 16.2. The molecule has 5 nitrogen and oxygen atoms in total. The van der Waals surface area contributed by atoms with E-state index in [1.165, 1.54) is 10.0 Å². The molecule has 1 aliphatic heterocycles. The topological polar surface area (TPSA) is 56.4 Å². The molecular formula is C17H19N3O2. The first-order chi connectivity index (χ1) is 10.6. The van der Waals surface area contributed by atoms with Gasteiger partial charge in [0.2, 0.25) is 0 Å². The van der Waals surface area contributed by atoms with E-state index >= 15 is 0 Å². The molecule has 0 bridgehead atoms. The minimum Gasteiger partial charge on any atom is -0.361 e. The molecule has 2 aromatic rings. The van der Waals surface area contributed by atoms with Gasteiger partial charge >= 0.3 is 0 Å². The smallest absolute Gasteiger partial charge is 0.278 e. The Morgan fingerprint density at radius 3 is 2.73 bits per heavy atom. The molecule has 2 amide bonds. The van der Waals surface area contributed by atoms with Gasteiger partial charge in [-0.1, -0.05) is 31.5 Å². The van der Waals surface area contributed by atoms with Gasteiger partial charge in [0.25, 0.3) is 11.8 Å². The molecule has 22 heavy (non-hydrogen) atoms. The Balaban J connectivity index is 1.97. The van der Waals surface area contributed by atoms with Gasteiger partial charge in [0.1, 0.15) is 5.57 Å². The highest BCUT2D eigenvalue weighted by molar-refractivity contribution is 6.25. The number of aromatic nitrogens is 1. The summed E-state index contributed by atoms with van der Waals surface area (Å²) in [5.41, 5.74) is 2.07. The lowest BCUT2D eigenvalue weighted by Gasteiger charge is -2.22. The van der Waals surface area contributed by atoms with Crippen LogP contribution in [0.3, 0.4) is 0 Å². The number of rotatable bonds is 4. The molecule has 2 heterocycles. The van der Waals surface area contributed by atoms with Crippen molar-refractivity contribution in [3.63, 3.8) is 0 Å². The van der Waals surface area contributed by atoms with Crippen LogP contribution in [-0.2, 0) is 9.59 Å². The molecule has 5 heteroatoms. The number of fused-ring (bicyclic) bond motifs is 1. The number of H-pyrrole nitrogens is 1. The fourth-order valence-electron chi connectivity index (χ4n) is 2.70. The van der Waals surface area contributed by atoms with Gasteiger partial charge in [-0.25, -0.2) is 5.01 Å². The van der Waals surface area contributed by atoms with Crippen molar-refractivity contribution in [3.8, 4) is 0 Å². The van der Waals surface area contributed by atoms with Gasteiger partial charge in [-0.3, -0.25) is 14.6 Å². The third-order valence-corrected chi connectivity index (χ3v) is 4.00. The van der Waals surface area contributed by atoms with Crippen LogP contribution in [0.15, 0.2) is 36.0 Å². The van der Waals surface area contributed by atoms with Crippen molar-refractivity contribution in [3.05, 3.63) is 41.6 Å². The average molecular weight is 297 g/mol. The van der Waals surface area contributed by atoms with Crippen LogP contribution >= 0.6 is 0 Å². The average Bonchev–Trinajstić information content (AvgIpc) is 3.02. The van der Waals surface area contributed by atoms with Crippen LogP contribution in [0.4, 0.5) is 0 Å². The number of aromatic amines is 1. The lowest BCUT2D eigenvalue weighted by atomic mass is 10.1. The SMILES string of the molecule is CCCCN1C(=O)/C(=C\c2c[nH]c3ccccc23)C(=O)N1C. The first-order valence-electron chi connectivity index (χ1n) is 7.51. The third-order valence-electron chi connectivity index (χ3n) is 4.00. The number of carbonyl (C=O) groups excluding carboxylic acids is 2. The van der Waals surface area contributed by atoms with Crippen LogP contribution in [-0.4, -0.2) is 40.4 Å². The number of hydrazine groups is 1. The van der Waals surface area contributed by atoms with E-state index in [0.29, 0.717) is 6.54 Å². The van der Waals surface area contributed by atoms with Crippen molar-refractivity contribution in [1.29, 1.82) is 0 Å². The number of nitrogens with one attached hydrogen (secondary N) is 1. The van der Waals surface area contributed by atoms with Crippen molar-refractivity contribution >= 4 is 28.8 Å². The molecule has 0 unspecified atom stereocenters. The number of likely N-dealkylation sites (N-methyl/N-ethyl adjacent to an activating group) is 1. The molecule has 1 aromatic heterocycles. The zero-order valence-corrected chi connectivity index (χ0v) is 12.8. The second-order valence-electron chi connectivity index (χ2n) is 5.46. The molecule has 3 rings (SSSR count). The van der Waals surface area contributed by atoms with E-state index < -0.39 is 0 Å². The first-order valence-corrected chi connectivity index (χ1v) is 7.51. The Kier molecular flexibility index (Phi) is 3.71. The predicted molar refractivity (Wildman–Crippen MR) is 85.7 cm³/mol. The minimum absolute atomic E-state index is 0.216. The summed E-state index contributed by atoms with van der Waals surface area (Å²) in [5.74, 6) is -0.461. The number of benzene rings is 1. The molecule has 1 saturated heterocycles. The summed E-state index contributed by atoms with van der Waals surface area (Å²) in [7, 11) is 1.64. The predicted octanol–water partition coefficient (Wildman–Crippen LogP) is 2.57. The summed E-state index contributed by atoms with van der Waals surface area (Å²) in [5, 5.41) is 3.94. The van der Waals surface area contributed by atoms with Crippen LogP contribution < -0.4 is 0 Å². The second-order valence-corrected chi connectivity index (χ2v) is 5.46.